The average Bonchev–Trinajstić information content (AvgIpc) is 3.65. The molecule has 0 saturated carbocycles. The molecule has 0 saturated heterocycles. The van der Waals surface area contributed by atoms with E-state index in [0.717, 1.165) is 37.7 Å². The molecule has 18 heteroatoms. The van der Waals surface area contributed by atoms with Gasteiger partial charge in [0.25, 0.3) is 0 Å². The number of halogens is 8. The van der Waals surface area contributed by atoms with E-state index >= 15 is 0 Å². The molecule has 3 N–H and O–H groups in total. The number of benzene rings is 3. The standard InChI is InChI=1S/C11H8F4N2S.C11H9F3N2OS.C10H9ClN2S/c1-6-5-17(10(16)18-6)7-2-3-9(12)8(4-7)11(13,14)15;1-7-6-16(10(15)18-7)8-3-2-4-9(5-8)17-11(12,13)14;1-7-6-13(10(12)14-7)9-4-2-3-8(11)5-9/h2-5,16H,1H3;2-6,15H,1H3;2-6,12H,1H3. The van der Waals surface area contributed by atoms with Gasteiger partial charge in [0.1, 0.15) is 11.6 Å². The molecule has 0 aliphatic heterocycles. The quantitative estimate of drug-likeness (QED) is 0.153. The first kappa shape index (κ1) is 38.4. The number of hydrogen-bond donors (Lipinski definition) is 3. The van der Waals surface area contributed by atoms with Crippen molar-refractivity contribution in [2.75, 3.05) is 0 Å². The molecule has 6 rings (SSSR count). The molecule has 0 aliphatic rings. The molecule has 50 heavy (non-hydrogen) atoms. The van der Waals surface area contributed by atoms with Gasteiger partial charge in [-0.3, -0.25) is 29.9 Å². The molecule has 0 atom stereocenters. The van der Waals surface area contributed by atoms with Crippen LogP contribution >= 0.6 is 45.6 Å². The average molecular weight is 775 g/mol. The van der Waals surface area contributed by atoms with E-state index in [1.807, 2.05) is 48.9 Å². The topological polar surface area (TPSA) is 95.6 Å². The molecular formula is C32H26ClF7N6OS3. The summed E-state index contributed by atoms with van der Waals surface area (Å²) >= 11 is 9.73. The van der Waals surface area contributed by atoms with Crippen LogP contribution in [0.1, 0.15) is 20.2 Å². The second kappa shape index (κ2) is 15.6. The molecule has 0 fully saturated rings. The number of alkyl halides is 6. The van der Waals surface area contributed by atoms with E-state index in [4.69, 9.17) is 27.8 Å². The highest BCUT2D eigenvalue weighted by Crippen LogP contribution is 2.32. The first-order chi connectivity index (χ1) is 23.3. The van der Waals surface area contributed by atoms with Crippen LogP contribution in [0.5, 0.6) is 5.75 Å². The molecule has 6 aromatic rings. The number of rotatable bonds is 4. The molecule has 0 unspecified atom stereocenters. The van der Waals surface area contributed by atoms with Crippen molar-refractivity contribution in [1.29, 1.82) is 16.2 Å². The van der Waals surface area contributed by atoms with E-state index in [1.165, 1.54) is 56.1 Å². The zero-order valence-electron chi connectivity index (χ0n) is 26.1. The molecule has 3 heterocycles. The molecular weight excluding hydrogens is 749 g/mol. The fourth-order valence-electron chi connectivity index (χ4n) is 4.32. The highest BCUT2D eigenvalue weighted by atomic mass is 35.5. The van der Waals surface area contributed by atoms with Gasteiger partial charge in [0.2, 0.25) is 0 Å². The van der Waals surface area contributed by atoms with Gasteiger partial charge in [0.15, 0.2) is 14.4 Å². The molecule has 264 valence electrons. The van der Waals surface area contributed by atoms with Crippen LogP contribution in [-0.2, 0) is 6.18 Å². The summed E-state index contributed by atoms with van der Waals surface area (Å²) in [6, 6.07) is 15.7. The normalized spacial score (nSPS) is 11.3. The van der Waals surface area contributed by atoms with E-state index in [-0.39, 0.29) is 21.0 Å². The van der Waals surface area contributed by atoms with Crippen molar-refractivity contribution in [3.05, 3.63) is 131 Å². The summed E-state index contributed by atoms with van der Waals surface area (Å²) in [7, 11) is 0. The van der Waals surface area contributed by atoms with Gasteiger partial charge in [-0.15, -0.1) is 47.2 Å². The van der Waals surface area contributed by atoms with Crippen LogP contribution in [-0.4, -0.2) is 20.1 Å². The Labute approximate surface area is 296 Å². The van der Waals surface area contributed by atoms with Crippen LogP contribution in [0.2, 0.25) is 5.02 Å². The first-order valence-electron chi connectivity index (χ1n) is 14.0. The molecule has 0 radical (unpaired) electrons. The molecule has 0 bridgehead atoms. The fraction of sp³-hybridized carbons (Fsp3) is 0.156. The molecule has 0 aliphatic carbocycles. The lowest BCUT2D eigenvalue weighted by atomic mass is 10.2. The lowest BCUT2D eigenvalue weighted by Gasteiger charge is -2.10. The summed E-state index contributed by atoms with van der Waals surface area (Å²) in [6.45, 7) is 5.56. The Bertz CT molecular complexity index is 2280. The van der Waals surface area contributed by atoms with Crippen LogP contribution in [0.3, 0.4) is 0 Å². The number of nitrogens with one attached hydrogen (secondary N) is 3. The summed E-state index contributed by atoms with van der Waals surface area (Å²) in [5.41, 5.74) is 0.201. The van der Waals surface area contributed by atoms with Gasteiger partial charge in [0, 0.05) is 55.7 Å². The molecule has 0 spiro atoms. The smallest absolute Gasteiger partial charge is 0.406 e. The van der Waals surface area contributed by atoms with Crippen molar-refractivity contribution in [1.82, 2.24) is 13.7 Å². The summed E-state index contributed by atoms with van der Waals surface area (Å²) in [4.78, 5) is 3.67. The van der Waals surface area contributed by atoms with E-state index < -0.39 is 23.9 Å². The second-order valence-corrected chi connectivity index (χ2v) is 14.4. The van der Waals surface area contributed by atoms with Crippen molar-refractivity contribution in [2.24, 2.45) is 0 Å². The molecule has 3 aromatic carbocycles. The van der Waals surface area contributed by atoms with Crippen molar-refractivity contribution < 1.29 is 35.5 Å². The second-order valence-electron chi connectivity index (χ2n) is 10.2. The number of nitrogens with zero attached hydrogens (tertiary/aromatic N) is 3. The maximum atomic E-state index is 13.1. The van der Waals surface area contributed by atoms with Crippen LogP contribution in [0.4, 0.5) is 30.7 Å². The van der Waals surface area contributed by atoms with Crippen LogP contribution in [0.25, 0.3) is 17.1 Å². The predicted molar refractivity (Wildman–Crippen MR) is 179 cm³/mol. The number of ether oxygens (including phenoxy) is 1. The maximum Gasteiger partial charge on any atom is 0.573 e. The number of aromatic nitrogens is 3. The third kappa shape index (κ3) is 10.3. The number of hydrogen-bond acceptors (Lipinski definition) is 7. The van der Waals surface area contributed by atoms with E-state index in [9.17, 15) is 30.7 Å². The Kier molecular flexibility index (Phi) is 12.0. The van der Waals surface area contributed by atoms with E-state index in [2.05, 4.69) is 4.74 Å². The molecule has 0 amide bonds. The summed E-state index contributed by atoms with van der Waals surface area (Å²) in [6.07, 6.45) is -4.27. The van der Waals surface area contributed by atoms with Gasteiger partial charge in [0.05, 0.1) is 11.3 Å². The minimum Gasteiger partial charge on any atom is -0.406 e. The third-order valence-corrected chi connectivity index (χ3v) is 9.00. The predicted octanol–water partition coefficient (Wildman–Crippen LogP) is 9.69. The Morgan fingerprint density at radius 2 is 1.06 bits per heavy atom. The van der Waals surface area contributed by atoms with E-state index in [1.54, 1.807) is 25.4 Å². The number of aryl methyl sites for hydroxylation is 3. The van der Waals surface area contributed by atoms with Gasteiger partial charge in [-0.25, -0.2) is 4.39 Å². The van der Waals surface area contributed by atoms with Gasteiger partial charge >= 0.3 is 12.5 Å². The Balaban J connectivity index is 0.000000170. The first-order valence-corrected chi connectivity index (χ1v) is 16.8. The zero-order chi connectivity index (χ0) is 37.0. The lowest BCUT2D eigenvalue weighted by molar-refractivity contribution is -0.274. The minimum atomic E-state index is -4.74. The highest BCUT2D eigenvalue weighted by molar-refractivity contribution is 7.09. The summed E-state index contributed by atoms with van der Waals surface area (Å²) in [5, 5.41) is 23.7. The van der Waals surface area contributed by atoms with Crippen molar-refractivity contribution in [2.45, 2.75) is 33.3 Å². The minimum absolute atomic E-state index is 0.0900. The Morgan fingerprint density at radius 3 is 1.46 bits per heavy atom. The van der Waals surface area contributed by atoms with E-state index in [0.29, 0.717) is 21.6 Å². The highest BCUT2D eigenvalue weighted by Gasteiger charge is 2.34. The van der Waals surface area contributed by atoms with Crippen LogP contribution in [0, 0.1) is 42.8 Å². The molecule has 3 aromatic heterocycles. The maximum absolute atomic E-state index is 13.1. The van der Waals surface area contributed by atoms with Crippen LogP contribution < -0.4 is 19.1 Å². The van der Waals surface area contributed by atoms with Gasteiger partial charge in [-0.05, 0) is 69.3 Å². The Morgan fingerprint density at radius 1 is 0.620 bits per heavy atom. The number of thiazole rings is 3. The van der Waals surface area contributed by atoms with Gasteiger partial charge in [-0.1, -0.05) is 23.7 Å². The Hall–Kier alpha value is -4.45. The largest absolute Gasteiger partial charge is 0.573 e. The van der Waals surface area contributed by atoms with Crippen molar-refractivity contribution in [3.8, 4) is 22.8 Å². The van der Waals surface area contributed by atoms with Crippen LogP contribution in [0.15, 0.2) is 85.3 Å². The van der Waals surface area contributed by atoms with Crippen molar-refractivity contribution in [3.63, 3.8) is 0 Å². The van der Waals surface area contributed by atoms with Gasteiger partial charge < -0.3 is 4.74 Å². The summed E-state index contributed by atoms with van der Waals surface area (Å²) in [5.74, 6) is -1.61. The van der Waals surface area contributed by atoms with Crippen molar-refractivity contribution >= 4 is 45.6 Å². The third-order valence-electron chi connectivity index (χ3n) is 6.31. The molecule has 7 nitrogen and oxygen atoms in total. The monoisotopic (exact) mass is 774 g/mol. The summed E-state index contributed by atoms with van der Waals surface area (Å²) < 4.78 is 95.5. The SMILES string of the molecule is Cc1cn(-c2ccc(F)c(C(F)(F)F)c2)c(=N)s1.Cc1cn(-c2cccc(Cl)c2)c(=N)s1.Cc1cn(-c2cccc(OC(F)(F)F)c2)c(=N)s1. The zero-order valence-corrected chi connectivity index (χ0v) is 29.3. The fourth-order valence-corrected chi connectivity index (χ4v) is 6.66. The lowest BCUT2D eigenvalue weighted by Crippen LogP contribution is -2.17. The van der Waals surface area contributed by atoms with Gasteiger partial charge in [-0.2, -0.15) is 13.2 Å².